The van der Waals surface area contributed by atoms with Crippen LogP contribution in [0.2, 0.25) is 0 Å². The molecule has 0 amide bonds. The van der Waals surface area contributed by atoms with Crippen molar-refractivity contribution in [2.45, 2.75) is 5.16 Å². The smallest absolute Gasteiger partial charge is 0.209 e. The van der Waals surface area contributed by atoms with Crippen LogP contribution in [0.1, 0.15) is 21.1 Å². The van der Waals surface area contributed by atoms with Crippen LogP contribution in [0.15, 0.2) is 40.9 Å². The average Bonchev–Trinajstić information content (AvgIpc) is 3.29. The summed E-state index contributed by atoms with van der Waals surface area (Å²) >= 11 is 2.80. The second-order valence-electron chi connectivity index (χ2n) is 4.91. The molecule has 0 unspecified atom stereocenters. The molecule has 0 bridgehead atoms. The number of halogens is 1. The number of carbonyl (C=O) groups excluding carboxylic acids is 1. The maximum atomic E-state index is 13.4. The summed E-state index contributed by atoms with van der Waals surface area (Å²) in [5, 5.41) is 9.31. The molecule has 3 aromatic rings. The van der Waals surface area contributed by atoms with E-state index in [0.29, 0.717) is 16.7 Å². The standard InChI is InChI=1S/C17H14FN3O2S2/c1-23-15-6-4-11(18)9-13(15)14(22)10-25-17-19-16(20-21-17)7-5-12-3-2-8-24-12/h2-9H,10H2,1H3,(H,19,20,21)/b7-5-. The van der Waals surface area contributed by atoms with E-state index in [9.17, 15) is 9.18 Å². The molecule has 3 rings (SSSR count). The van der Waals surface area contributed by atoms with Crippen LogP contribution in [0.5, 0.6) is 5.75 Å². The molecule has 0 spiro atoms. The predicted octanol–water partition coefficient (Wildman–Crippen LogP) is 4.16. The van der Waals surface area contributed by atoms with Gasteiger partial charge < -0.3 is 4.74 Å². The average molecular weight is 375 g/mol. The summed E-state index contributed by atoms with van der Waals surface area (Å²) in [6, 6.07) is 7.84. The summed E-state index contributed by atoms with van der Waals surface area (Å²) in [7, 11) is 1.44. The monoisotopic (exact) mass is 375 g/mol. The second kappa shape index (κ2) is 8.09. The third kappa shape index (κ3) is 4.55. The van der Waals surface area contributed by atoms with Crippen molar-refractivity contribution in [1.82, 2.24) is 15.2 Å². The van der Waals surface area contributed by atoms with E-state index in [1.807, 2.05) is 29.7 Å². The van der Waals surface area contributed by atoms with Crippen molar-refractivity contribution in [1.29, 1.82) is 0 Å². The fourth-order valence-electron chi connectivity index (χ4n) is 2.05. The topological polar surface area (TPSA) is 67.9 Å². The van der Waals surface area contributed by atoms with E-state index in [0.717, 1.165) is 4.88 Å². The van der Waals surface area contributed by atoms with Gasteiger partial charge in [-0.3, -0.25) is 9.89 Å². The molecule has 0 radical (unpaired) electrons. The van der Waals surface area contributed by atoms with Crippen molar-refractivity contribution >= 4 is 41.0 Å². The zero-order valence-electron chi connectivity index (χ0n) is 13.2. The lowest BCUT2D eigenvalue weighted by molar-refractivity contribution is 0.101. The largest absolute Gasteiger partial charge is 0.496 e. The lowest BCUT2D eigenvalue weighted by Gasteiger charge is -2.06. The number of methoxy groups -OCH3 is 1. The quantitative estimate of drug-likeness (QED) is 0.496. The highest BCUT2D eigenvalue weighted by molar-refractivity contribution is 7.99. The Kier molecular flexibility index (Phi) is 5.62. The summed E-state index contributed by atoms with van der Waals surface area (Å²) in [4.78, 5) is 17.7. The SMILES string of the molecule is COc1ccc(F)cc1C(=O)CSc1n[nH]c(/C=C\c2cccs2)n1. The minimum absolute atomic E-state index is 0.0890. The molecule has 0 saturated carbocycles. The first-order valence-corrected chi connectivity index (χ1v) is 9.16. The normalized spacial score (nSPS) is 11.1. The Morgan fingerprint density at radius 2 is 2.28 bits per heavy atom. The summed E-state index contributed by atoms with van der Waals surface area (Å²) in [6.45, 7) is 0. The zero-order valence-corrected chi connectivity index (χ0v) is 14.9. The number of carbonyl (C=O) groups is 1. The van der Waals surface area contributed by atoms with Crippen LogP contribution in [0.25, 0.3) is 12.2 Å². The Hall–Kier alpha value is -2.45. The maximum Gasteiger partial charge on any atom is 0.209 e. The minimum Gasteiger partial charge on any atom is -0.496 e. The van der Waals surface area contributed by atoms with Gasteiger partial charge >= 0.3 is 0 Å². The van der Waals surface area contributed by atoms with Crippen LogP contribution >= 0.6 is 23.1 Å². The Labute approximate surface area is 152 Å². The van der Waals surface area contributed by atoms with Gasteiger partial charge in [0.15, 0.2) is 5.78 Å². The fourth-order valence-corrected chi connectivity index (χ4v) is 3.36. The summed E-state index contributed by atoms with van der Waals surface area (Å²) in [5.41, 5.74) is 0.211. The number of hydrogen-bond acceptors (Lipinski definition) is 6. The molecule has 0 fully saturated rings. The van der Waals surface area contributed by atoms with Crippen LogP contribution < -0.4 is 4.74 Å². The first-order chi connectivity index (χ1) is 12.2. The molecular weight excluding hydrogens is 361 g/mol. The molecule has 0 saturated heterocycles. The van der Waals surface area contributed by atoms with Gasteiger partial charge in [-0.25, -0.2) is 9.37 Å². The van der Waals surface area contributed by atoms with Gasteiger partial charge in [0.2, 0.25) is 5.16 Å². The van der Waals surface area contributed by atoms with Crippen molar-refractivity contribution in [3.05, 3.63) is 57.8 Å². The highest BCUT2D eigenvalue weighted by atomic mass is 32.2. The van der Waals surface area contributed by atoms with Gasteiger partial charge in [0.1, 0.15) is 17.4 Å². The van der Waals surface area contributed by atoms with Gasteiger partial charge in [-0.15, -0.1) is 16.4 Å². The van der Waals surface area contributed by atoms with Crippen molar-refractivity contribution in [2.75, 3.05) is 12.9 Å². The maximum absolute atomic E-state index is 13.4. The van der Waals surface area contributed by atoms with E-state index in [4.69, 9.17) is 4.74 Å². The molecule has 0 aliphatic carbocycles. The number of aromatic nitrogens is 3. The van der Waals surface area contributed by atoms with E-state index in [1.165, 1.54) is 37.1 Å². The van der Waals surface area contributed by atoms with Crippen LogP contribution in [0, 0.1) is 5.82 Å². The molecule has 2 heterocycles. The Balaban J connectivity index is 1.62. The second-order valence-corrected chi connectivity index (χ2v) is 6.83. The number of nitrogens with zero attached hydrogens (tertiary/aromatic N) is 2. The predicted molar refractivity (Wildman–Crippen MR) is 97.6 cm³/mol. The van der Waals surface area contributed by atoms with E-state index < -0.39 is 5.82 Å². The molecule has 8 heteroatoms. The van der Waals surface area contributed by atoms with E-state index in [1.54, 1.807) is 11.3 Å². The van der Waals surface area contributed by atoms with Crippen LogP contribution in [-0.4, -0.2) is 33.8 Å². The number of hydrogen-bond donors (Lipinski definition) is 1. The van der Waals surface area contributed by atoms with Crippen molar-refractivity contribution < 1.29 is 13.9 Å². The molecule has 128 valence electrons. The highest BCUT2D eigenvalue weighted by Gasteiger charge is 2.15. The van der Waals surface area contributed by atoms with Gasteiger partial charge in [-0.1, -0.05) is 17.8 Å². The van der Waals surface area contributed by atoms with Crippen molar-refractivity contribution in [2.24, 2.45) is 0 Å². The van der Waals surface area contributed by atoms with Gasteiger partial charge in [0.25, 0.3) is 0 Å². The van der Waals surface area contributed by atoms with Gasteiger partial charge in [-0.2, -0.15) is 0 Å². The first-order valence-electron chi connectivity index (χ1n) is 7.29. The van der Waals surface area contributed by atoms with Gasteiger partial charge in [0, 0.05) is 4.88 Å². The number of thiophene rings is 1. The number of thioether (sulfide) groups is 1. The molecule has 0 atom stereocenters. The summed E-state index contributed by atoms with van der Waals surface area (Å²) < 4.78 is 18.5. The van der Waals surface area contributed by atoms with Crippen LogP contribution in [0.4, 0.5) is 4.39 Å². The number of aromatic amines is 1. The molecule has 25 heavy (non-hydrogen) atoms. The molecular formula is C17H14FN3O2S2. The number of ketones is 1. The lowest BCUT2D eigenvalue weighted by atomic mass is 10.1. The van der Waals surface area contributed by atoms with Gasteiger partial charge in [-0.05, 0) is 41.8 Å². The Morgan fingerprint density at radius 3 is 3.04 bits per heavy atom. The molecule has 2 aromatic heterocycles. The Bertz CT molecular complexity index is 891. The summed E-state index contributed by atoms with van der Waals surface area (Å²) in [5.74, 6) is 0.314. The molecule has 1 N–H and O–H groups in total. The zero-order chi connectivity index (χ0) is 17.6. The number of ether oxygens (including phenoxy) is 1. The minimum atomic E-state index is -0.479. The van der Waals surface area contributed by atoms with Crippen molar-refractivity contribution in [3.8, 4) is 5.75 Å². The number of rotatable bonds is 7. The number of Topliss-reactive ketones (excluding diaryl/α,β-unsaturated/α-hetero) is 1. The lowest BCUT2D eigenvalue weighted by Crippen LogP contribution is -2.05. The number of H-pyrrole nitrogens is 1. The first kappa shape index (κ1) is 17.4. The third-order valence-electron chi connectivity index (χ3n) is 3.23. The van der Waals surface area contributed by atoms with Crippen molar-refractivity contribution in [3.63, 3.8) is 0 Å². The number of benzene rings is 1. The van der Waals surface area contributed by atoms with Crippen LogP contribution in [-0.2, 0) is 0 Å². The third-order valence-corrected chi connectivity index (χ3v) is 4.91. The molecule has 5 nitrogen and oxygen atoms in total. The van der Waals surface area contributed by atoms with E-state index in [2.05, 4.69) is 15.2 Å². The van der Waals surface area contributed by atoms with Crippen LogP contribution in [0.3, 0.4) is 0 Å². The fraction of sp³-hybridized carbons (Fsp3) is 0.118. The summed E-state index contributed by atoms with van der Waals surface area (Å²) in [6.07, 6.45) is 3.75. The Morgan fingerprint density at radius 1 is 1.40 bits per heavy atom. The van der Waals surface area contributed by atoms with E-state index in [-0.39, 0.29) is 17.1 Å². The number of nitrogens with one attached hydrogen (secondary N) is 1. The molecule has 1 aromatic carbocycles. The van der Waals surface area contributed by atoms with E-state index >= 15 is 0 Å². The molecule has 0 aliphatic heterocycles. The molecule has 0 aliphatic rings. The highest BCUT2D eigenvalue weighted by Crippen LogP contribution is 2.23. The van der Waals surface area contributed by atoms with Gasteiger partial charge in [0.05, 0.1) is 18.4 Å².